The summed E-state index contributed by atoms with van der Waals surface area (Å²) in [6.07, 6.45) is 9.94. The van der Waals surface area contributed by atoms with E-state index in [4.69, 9.17) is 0 Å². The predicted octanol–water partition coefficient (Wildman–Crippen LogP) is 4.91. The summed E-state index contributed by atoms with van der Waals surface area (Å²) in [7, 11) is 0. The summed E-state index contributed by atoms with van der Waals surface area (Å²) >= 11 is 0. The van der Waals surface area contributed by atoms with Crippen molar-refractivity contribution in [3.8, 4) is 0 Å². The zero-order chi connectivity index (χ0) is 14.9. The lowest BCUT2D eigenvalue weighted by atomic mass is 9.66. The molecule has 112 valence electrons. The largest absolute Gasteiger partial charge is 0.359 e. The highest BCUT2D eigenvalue weighted by atomic mass is 16.1. The number of hydrogen-bond donors (Lipinski definition) is 1. The molecule has 1 spiro atoms. The number of hydrogen-bond acceptors (Lipinski definition) is 2. The van der Waals surface area contributed by atoms with Crippen LogP contribution in [0.15, 0.2) is 30.0 Å². The van der Waals surface area contributed by atoms with E-state index in [9.17, 15) is 4.79 Å². The first kappa shape index (κ1) is 14.4. The Morgan fingerprint density at radius 1 is 1.05 bits per heavy atom. The SMILES string of the molecule is Cc1ccc(NC2=CC(=O)CC3(CCCCC3)C2)c(C)c1. The molecule has 0 heterocycles. The number of allylic oxidation sites excluding steroid dienone is 2. The van der Waals surface area contributed by atoms with Gasteiger partial charge in [0.15, 0.2) is 5.78 Å². The highest BCUT2D eigenvalue weighted by Gasteiger charge is 2.37. The van der Waals surface area contributed by atoms with E-state index in [1.807, 2.05) is 6.08 Å². The zero-order valence-corrected chi connectivity index (χ0v) is 13.2. The Balaban J connectivity index is 1.79. The predicted molar refractivity (Wildman–Crippen MR) is 87.4 cm³/mol. The first-order chi connectivity index (χ1) is 10.1. The van der Waals surface area contributed by atoms with Crippen LogP contribution in [0.4, 0.5) is 5.69 Å². The summed E-state index contributed by atoms with van der Waals surface area (Å²) in [4.78, 5) is 12.2. The van der Waals surface area contributed by atoms with Crippen LogP contribution in [-0.2, 0) is 4.79 Å². The van der Waals surface area contributed by atoms with E-state index >= 15 is 0 Å². The average molecular weight is 283 g/mol. The molecule has 0 aliphatic heterocycles. The maximum absolute atomic E-state index is 12.2. The first-order valence-corrected chi connectivity index (χ1v) is 8.14. The lowest BCUT2D eigenvalue weighted by Gasteiger charge is -2.40. The fourth-order valence-electron chi connectivity index (χ4n) is 3.99. The zero-order valence-electron chi connectivity index (χ0n) is 13.2. The smallest absolute Gasteiger partial charge is 0.157 e. The molecule has 2 nitrogen and oxygen atoms in total. The molecule has 0 amide bonds. The molecule has 0 unspecified atom stereocenters. The van der Waals surface area contributed by atoms with Gasteiger partial charge < -0.3 is 5.32 Å². The van der Waals surface area contributed by atoms with Crippen molar-refractivity contribution in [1.29, 1.82) is 0 Å². The summed E-state index contributed by atoms with van der Waals surface area (Å²) < 4.78 is 0. The minimum Gasteiger partial charge on any atom is -0.359 e. The van der Waals surface area contributed by atoms with Crippen LogP contribution in [0.1, 0.15) is 56.1 Å². The second-order valence-corrected chi connectivity index (χ2v) is 6.99. The normalized spacial score (nSPS) is 21.2. The number of carbonyl (C=O) groups is 1. The summed E-state index contributed by atoms with van der Waals surface area (Å²) in [5.41, 5.74) is 5.00. The molecular formula is C19H25NO. The van der Waals surface area contributed by atoms with E-state index in [1.54, 1.807) is 0 Å². The Kier molecular flexibility index (Phi) is 3.88. The van der Waals surface area contributed by atoms with Crippen LogP contribution in [0.25, 0.3) is 0 Å². The van der Waals surface area contributed by atoms with Gasteiger partial charge in [0.25, 0.3) is 0 Å². The maximum Gasteiger partial charge on any atom is 0.157 e. The summed E-state index contributed by atoms with van der Waals surface area (Å²) in [5.74, 6) is 0.301. The van der Waals surface area contributed by atoms with Gasteiger partial charge in [-0.05, 0) is 50.2 Å². The van der Waals surface area contributed by atoms with Crippen LogP contribution in [-0.4, -0.2) is 5.78 Å². The summed E-state index contributed by atoms with van der Waals surface area (Å²) in [6, 6.07) is 6.43. The Morgan fingerprint density at radius 3 is 2.52 bits per heavy atom. The van der Waals surface area contributed by atoms with Gasteiger partial charge in [0.05, 0.1) is 0 Å². The van der Waals surface area contributed by atoms with Crippen molar-refractivity contribution in [3.05, 3.63) is 41.1 Å². The Labute approximate surface area is 127 Å². The number of benzene rings is 1. The molecule has 0 atom stereocenters. The second kappa shape index (κ2) is 5.67. The van der Waals surface area contributed by atoms with Gasteiger partial charge in [-0.2, -0.15) is 0 Å². The molecule has 0 aromatic heterocycles. The van der Waals surface area contributed by atoms with Crippen LogP contribution in [0.3, 0.4) is 0 Å². The number of rotatable bonds is 2. The molecule has 1 aromatic carbocycles. The van der Waals surface area contributed by atoms with Crippen LogP contribution in [0.2, 0.25) is 0 Å². The van der Waals surface area contributed by atoms with Gasteiger partial charge in [0.2, 0.25) is 0 Å². The Morgan fingerprint density at radius 2 is 1.81 bits per heavy atom. The van der Waals surface area contributed by atoms with E-state index in [2.05, 4.69) is 37.4 Å². The molecule has 1 saturated carbocycles. The number of anilines is 1. The highest BCUT2D eigenvalue weighted by Crippen LogP contribution is 2.46. The highest BCUT2D eigenvalue weighted by molar-refractivity contribution is 5.92. The van der Waals surface area contributed by atoms with Gasteiger partial charge >= 0.3 is 0 Å². The minimum atomic E-state index is 0.241. The van der Waals surface area contributed by atoms with Gasteiger partial charge in [-0.25, -0.2) is 0 Å². The molecule has 0 bridgehead atoms. The van der Waals surface area contributed by atoms with Gasteiger partial charge in [0, 0.05) is 23.9 Å². The van der Waals surface area contributed by atoms with E-state index in [0.717, 1.165) is 24.2 Å². The third-order valence-electron chi connectivity index (χ3n) is 5.04. The van der Waals surface area contributed by atoms with Crippen LogP contribution >= 0.6 is 0 Å². The third kappa shape index (κ3) is 3.20. The summed E-state index contributed by atoms with van der Waals surface area (Å²) in [5, 5.41) is 3.52. The molecule has 1 fully saturated rings. The van der Waals surface area contributed by atoms with Gasteiger partial charge in [-0.15, -0.1) is 0 Å². The lowest BCUT2D eigenvalue weighted by Crippen LogP contribution is -2.32. The average Bonchev–Trinajstić information content (AvgIpc) is 2.42. The number of aryl methyl sites for hydroxylation is 2. The summed E-state index contributed by atoms with van der Waals surface area (Å²) in [6.45, 7) is 4.23. The van der Waals surface area contributed by atoms with E-state index in [1.165, 1.54) is 43.2 Å². The van der Waals surface area contributed by atoms with Crippen molar-refractivity contribution < 1.29 is 4.79 Å². The first-order valence-electron chi connectivity index (χ1n) is 8.14. The fraction of sp³-hybridized carbons (Fsp3) is 0.526. The maximum atomic E-state index is 12.2. The lowest BCUT2D eigenvalue weighted by molar-refractivity contribution is -0.118. The van der Waals surface area contributed by atoms with Crippen LogP contribution < -0.4 is 5.32 Å². The fourth-order valence-corrected chi connectivity index (χ4v) is 3.99. The molecule has 21 heavy (non-hydrogen) atoms. The van der Waals surface area contributed by atoms with Crippen molar-refractivity contribution in [2.75, 3.05) is 5.32 Å². The molecule has 1 aromatic rings. The van der Waals surface area contributed by atoms with E-state index in [-0.39, 0.29) is 5.41 Å². The van der Waals surface area contributed by atoms with Crippen molar-refractivity contribution in [2.45, 2.75) is 58.8 Å². The second-order valence-electron chi connectivity index (χ2n) is 6.99. The molecule has 2 heteroatoms. The Bertz CT molecular complexity index is 579. The van der Waals surface area contributed by atoms with Crippen molar-refractivity contribution >= 4 is 11.5 Å². The molecule has 3 rings (SSSR count). The van der Waals surface area contributed by atoms with Crippen molar-refractivity contribution in [2.24, 2.45) is 5.41 Å². The number of carbonyl (C=O) groups excluding carboxylic acids is 1. The molecular weight excluding hydrogens is 258 g/mol. The van der Waals surface area contributed by atoms with Gasteiger partial charge in [-0.1, -0.05) is 37.0 Å². The van der Waals surface area contributed by atoms with Crippen molar-refractivity contribution in [1.82, 2.24) is 0 Å². The van der Waals surface area contributed by atoms with Gasteiger partial charge in [-0.3, -0.25) is 4.79 Å². The standard InChI is InChI=1S/C19H25NO/c1-14-6-7-18(15(2)10-14)20-16-11-17(21)13-19(12-16)8-4-3-5-9-19/h6-7,10-11,20H,3-5,8-9,12-13H2,1-2H3. The monoisotopic (exact) mass is 283 g/mol. The molecule has 2 aliphatic rings. The van der Waals surface area contributed by atoms with Crippen LogP contribution in [0.5, 0.6) is 0 Å². The molecule has 1 N–H and O–H groups in total. The van der Waals surface area contributed by atoms with E-state index < -0.39 is 0 Å². The Hall–Kier alpha value is -1.57. The number of nitrogens with one attached hydrogen (secondary N) is 1. The third-order valence-corrected chi connectivity index (χ3v) is 5.04. The quantitative estimate of drug-likeness (QED) is 0.835. The van der Waals surface area contributed by atoms with Crippen LogP contribution in [0, 0.1) is 19.3 Å². The van der Waals surface area contributed by atoms with Gasteiger partial charge in [0.1, 0.15) is 0 Å². The molecule has 2 aliphatic carbocycles. The number of ketones is 1. The molecule has 0 saturated heterocycles. The minimum absolute atomic E-state index is 0.241. The van der Waals surface area contributed by atoms with Crippen molar-refractivity contribution in [3.63, 3.8) is 0 Å². The molecule has 0 radical (unpaired) electrons. The van der Waals surface area contributed by atoms with E-state index in [0.29, 0.717) is 5.78 Å². The topological polar surface area (TPSA) is 29.1 Å².